The number of unbranched alkanes of at least 4 members (excludes halogenated alkanes) is 1. The Labute approximate surface area is 117 Å². The van der Waals surface area contributed by atoms with Crippen molar-refractivity contribution in [3.05, 3.63) is 29.3 Å². The van der Waals surface area contributed by atoms with Crippen LogP contribution in [0.3, 0.4) is 0 Å². The van der Waals surface area contributed by atoms with E-state index in [1.807, 2.05) is 0 Å². The van der Waals surface area contributed by atoms with E-state index in [1.54, 1.807) is 0 Å². The van der Waals surface area contributed by atoms with Gasteiger partial charge in [-0.05, 0) is 82.4 Å². The van der Waals surface area contributed by atoms with Gasteiger partial charge in [0.15, 0.2) is 0 Å². The molecule has 0 N–H and O–H groups in total. The van der Waals surface area contributed by atoms with E-state index < -0.39 is 0 Å². The summed E-state index contributed by atoms with van der Waals surface area (Å²) in [5.41, 5.74) is 2.56. The zero-order valence-corrected chi connectivity index (χ0v) is 12.5. The standard InChI is InChI=1S/C17H27NO/c1-15-12-16(2)14-17(13-15)19-11-7-6-10-18-8-4-3-5-9-18/h12-14H,3-11H2,1-2H3. The van der Waals surface area contributed by atoms with Gasteiger partial charge in [-0.1, -0.05) is 12.5 Å². The molecule has 1 aliphatic heterocycles. The van der Waals surface area contributed by atoms with E-state index in [4.69, 9.17) is 4.74 Å². The maximum atomic E-state index is 5.84. The van der Waals surface area contributed by atoms with Gasteiger partial charge in [0.25, 0.3) is 0 Å². The predicted molar refractivity (Wildman–Crippen MR) is 80.9 cm³/mol. The molecule has 1 aromatic carbocycles. The first kappa shape index (κ1) is 14.4. The molecule has 0 radical (unpaired) electrons. The Bertz CT molecular complexity index is 363. The molecule has 1 aliphatic rings. The van der Waals surface area contributed by atoms with Gasteiger partial charge < -0.3 is 9.64 Å². The third-order valence-electron chi connectivity index (χ3n) is 3.78. The third kappa shape index (κ3) is 5.23. The van der Waals surface area contributed by atoms with Gasteiger partial charge in [0.2, 0.25) is 0 Å². The highest BCUT2D eigenvalue weighted by molar-refractivity contribution is 5.32. The molecule has 2 rings (SSSR count). The first-order valence-electron chi connectivity index (χ1n) is 7.67. The van der Waals surface area contributed by atoms with Gasteiger partial charge in [0, 0.05) is 0 Å². The molecular weight excluding hydrogens is 234 g/mol. The number of hydrogen-bond donors (Lipinski definition) is 0. The number of hydrogen-bond acceptors (Lipinski definition) is 2. The molecule has 2 heteroatoms. The van der Waals surface area contributed by atoms with Crippen molar-refractivity contribution in [3.8, 4) is 5.75 Å². The minimum absolute atomic E-state index is 0.844. The molecule has 106 valence electrons. The molecule has 1 aromatic rings. The lowest BCUT2D eigenvalue weighted by Gasteiger charge is -2.26. The zero-order valence-electron chi connectivity index (χ0n) is 12.5. The predicted octanol–water partition coefficient (Wildman–Crippen LogP) is 3.95. The fraction of sp³-hybridized carbons (Fsp3) is 0.647. The van der Waals surface area contributed by atoms with Gasteiger partial charge in [0.05, 0.1) is 6.61 Å². The lowest BCUT2D eigenvalue weighted by Crippen LogP contribution is -2.30. The molecule has 0 aliphatic carbocycles. The maximum absolute atomic E-state index is 5.84. The number of rotatable bonds is 6. The Morgan fingerprint density at radius 1 is 0.947 bits per heavy atom. The Kier molecular flexibility index (Phi) is 5.71. The van der Waals surface area contributed by atoms with Gasteiger partial charge in [-0.3, -0.25) is 0 Å². The van der Waals surface area contributed by atoms with Crippen molar-refractivity contribution in [1.29, 1.82) is 0 Å². The summed E-state index contributed by atoms with van der Waals surface area (Å²) in [5.74, 6) is 1.02. The molecule has 0 saturated carbocycles. The highest BCUT2D eigenvalue weighted by Crippen LogP contribution is 2.16. The summed E-state index contributed by atoms with van der Waals surface area (Å²) in [6, 6.07) is 6.43. The van der Waals surface area contributed by atoms with Crippen molar-refractivity contribution in [2.45, 2.75) is 46.0 Å². The van der Waals surface area contributed by atoms with Crippen molar-refractivity contribution in [1.82, 2.24) is 4.90 Å². The van der Waals surface area contributed by atoms with Crippen LogP contribution in [0.2, 0.25) is 0 Å². The summed E-state index contributed by atoms with van der Waals surface area (Å²) < 4.78 is 5.84. The first-order valence-corrected chi connectivity index (χ1v) is 7.67. The average molecular weight is 261 g/mol. The number of nitrogens with zero attached hydrogens (tertiary/aromatic N) is 1. The quantitative estimate of drug-likeness (QED) is 0.719. The largest absolute Gasteiger partial charge is 0.494 e. The monoisotopic (exact) mass is 261 g/mol. The summed E-state index contributed by atoms with van der Waals surface area (Å²) in [5, 5.41) is 0. The fourth-order valence-corrected chi connectivity index (χ4v) is 2.83. The summed E-state index contributed by atoms with van der Waals surface area (Å²) in [6.45, 7) is 8.94. The molecule has 1 heterocycles. The molecule has 19 heavy (non-hydrogen) atoms. The molecule has 0 amide bonds. The third-order valence-corrected chi connectivity index (χ3v) is 3.78. The molecule has 2 nitrogen and oxygen atoms in total. The number of benzene rings is 1. The maximum Gasteiger partial charge on any atom is 0.119 e. The fourth-order valence-electron chi connectivity index (χ4n) is 2.83. The Balaban J connectivity index is 1.60. The molecule has 0 spiro atoms. The van der Waals surface area contributed by atoms with E-state index in [0.29, 0.717) is 0 Å². The molecule has 1 saturated heterocycles. The van der Waals surface area contributed by atoms with E-state index in [0.717, 1.165) is 18.8 Å². The number of aryl methyl sites for hydroxylation is 2. The summed E-state index contributed by atoms with van der Waals surface area (Å²) in [6.07, 6.45) is 6.61. The molecular formula is C17H27NO. The van der Waals surface area contributed by atoms with Crippen LogP contribution in [0.4, 0.5) is 0 Å². The topological polar surface area (TPSA) is 12.5 Å². The van der Waals surface area contributed by atoms with Gasteiger partial charge >= 0.3 is 0 Å². The number of piperidine rings is 1. The second-order valence-corrected chi connectivity index (χ2v) is 5.78. The molecule has 0 unspecified atom stereocenters. The van der Waals surface area contributed by atoms with Crippen LogP contribution in [-0.2, 0) is 0 Å². The van der Waals surface area contributed by atoms with Crippen LogP contribution in [0.1, 0.15) is 43.2 Å². The van der Waals surface area contributed by atoms with E-state index in [-0.39, 0.29) is 0 Å². The highest BCUT2D eigenvalue weighted by atomic mass is 16.5. The van der Waals surface area contributed by atoms with E-state index in [1.165, 1.54) is 56.4 Å². The minimum Gasteiger partial charge on any atom is -0.494 e. The van der Waals surface area contributed by atoms with Crippen molar-refractivity contribution in [2.24, 2.45) is 0 Å². The number of ether oxygens (including phenoxy) is 1. The van der Waals surface area contributed by atoms with Gasteiger partial charge in [-0.25, -0.2) is 0 Å². The van der Waals surface area contributed by atoms with Gasteiger partial charge in [0.1, 0.15) is 5.75 Å². The molecule has 1 fully saturated rings. The van der Waals surface area contributed by atoms with E-state index >= 15 is 0 Å². The normalized spacial score (nSPS) is 16.5. The van der Waals surface area contributed by atoms with Crippen LogP contribution in [0.5, 0.6) is 5.75 Å². The summed E-state index contributed by atoms with van der Waals surface area (Å²) in [7, 11) is 0. The second-order valence-electron chi connectivity index (χ2n) is 5.78. The lowest BCUT2D eigenvalue weighted by molar-refractivity contribution is 0.216. The first-order chi connectivity index (χ1) is 9.24. The highest BCUT2D eigenvalue weighted by Gasteiger charge is 2.08. The van der Waals surface area contributed by atoms with Crippen LogP contribution < -0.4 is 4.74 Å². The van der Waals surface area contributed by atoms with Crippen molar-refractivity contribution in [3.63, 3.8) is 0 Å². The number of likely N-dealkylation sites (tertiary alicyclic amines) is 1. The lowest BCUT2D eigenvalue weighted by atomic mass is 10.1. The van der Waals surface area contributed by atoms with E-state index in [2.05, 4.69) is 36.9 Å². The average Bonchev–Trinajstić information content (AvgIpc) is 2.38. The smallest absolute Gasteiger partial charge is 0.119 e. The van der Waals surface area contributed by atoms with Crippen LogP contribution in [0, 0.1) is 13.8 Å². The van der Waals surface area contributed by atoms with Crippen molar-refractivity contribution in [2.75, 3.05) is 26.2 Å². The van der Waals surface area contributed by atoms with Gasteiger partial charge in [-0.15, -0.1) is 0 Å². The minimum atomic E-state index is 0.844. The Hall–Kier alpha value is -1.02. The zero-order chi connectivity index (χ0) is 13.5. The Morgan fingerprint density at radius 2 is 1.63 bits per heavy atom. The second kappa shape index (κ2) is 7.54. The van der Waals surface area contributed by atoms with Crippen LogP contribution >= 0.6 is 0 Å². The van der Waals surface area contributed by atoms with Crippen molar-refractivity contribution >= 4 is 0 Å². The van der Waals surface area contributed by atoms with E-state index in [9.17, 15) is 0 Å². The molecule has 0 bridgehead atoms. The molecule has 0 aromatic heterocycles. The summed E-state index contributed by atoms with van der Waals surface area (Å²) >= 11 is 0. The SMILES string of the molecule is Cc1cc(C)cc(OCCCCN2CCCCC2)c1. The molecule has 0 atom stereocenters. The summed E-state index contributed by atoms with van der Waals surface area (Å²) in [4.78, 5) is 2.60. The Morgan fingerprint density at radius 3 is 2.32 bits per heavy atom. The van der Waals surface area contributed by atoms with Gasteiger partial charge in [-0.2, -0.15) is 0 Å². The van der Waals surface area contributed by atoms with Crippen molar-refractivity contribution < 1.29 is 4.74 Å². The van der Waals surface area contributed by atoms with Crippen LogP contribution in [-0.4, -0.2) is 31.1 Å². The van der Waals surface area contributed by atoms with Crippen LogP contribution in [0.25, 0.3) is 0 Å². The van der Waals surface area contributed by atoms with Crippen LogP contribution in [0.15, 0.2) is 18.2 Å².